The molecular weight excluding hydrogens is 413 g/mol. The van der Waals surface area contributed by atoms with E-state index in [2.05, 4.69) is 5.32 Å². The molecule has 0 saturated carbocycles. The zero-order valence-corrected chi connectivity index (χ0v) is 17.3. The lowest BCUT2D eigenvalue weighted by Gasteiger charge is -2.18. The van der Waals surface area contributed by atoms with E-state index in [0.717, 1.165) is 16.0 Å². The summed E-state index contributed by atoms with van der Waals surface area (Å²) in [4.78, 5) is 38.4. The van der Waals surface area contributed by atoms with Crippen molar-refractivity contribution in [2.24, 2.45) is 0 Å². The predicted octanol–water partition coefficient (Wildman–Crippen LogP) is 4.75. The summed E-state index contributed by atoms with van der Waals surface area (Å²) in [6, 6.07) is 16.1. The zero-order chi connectivity index (χ0) is 23.0. The first-order chi connectivity index (χ1) is 15.3. The van der Waals surface area contributed by atoms with Crippen LogP contribution in [0.3, 0.4) is 0 Å². The molecule has 0 aliphatic carbocycles. The largest absolute Gasteiger partial charge is 0.350 e. The van der Waals surface area contributed by atoms with Gasteiger partial charge in [-0.3, -0.25) is 19.7 Å². The molecule has 160 valence electrons. The van der Waals surface area contributed by atoms with Gasteiger partial charge in [0.25, 0.3) is 17.5 Å². The van der Waals surface area contributed by atoms with Crippen LogP contribution in [-0.2, 0) is 9.59 Å². The van der Waals surface area contributed by atoms with Crippen LogP contribution in [-0.4, -0.2) is 16.7 Å². The standard InChI is InChI=1S/C24H18FN3O4/c1-14-3-12-20(15(2)13-14)27-23(29)21(16-4-10-19(11-5-16)28(31)32)22(24(27)30)26-18-8-6-17(25)7-9-18/h3-13,26H,1-2H3. The zero-order valence-electron chi connectivity index (χ0n) is 17.3. The number of rotatable bonds is 5. The third-order valence-electron chi connectivity index (χ3n) is 5.16. The van der Waals surface area contributed by atoms with Crippen molar-refractivity contribution in [2.75, 3.05) is 10.2 Å². The first-order valence-electron chi connectivity index (χ1n) is 9.74. The molecule has 0 spiro atoms. The van der Waals surface area contributed by atoms with Gasteiger partial charge in [-0.2, -0.15) is 0 Å². The highest BCUT2D eigenvalue weighted by molar-refractivity contribution is 6.46. The van der Waals surface area contributed by atoms with E-state index >= 15 is 0 Å². The number of halogens is 1. The molecule has 32 heavy (non-hydrogen) atoms. The molecule has 0 aromatic heterocycles. The van der Waals surface area contributed by atoms with E-state index in [4.69, 9.17) is 0 Å². The van der Waals surface area contributed by atoms with Crippen LogP contribution in [0.15, 0.2) is 72.4 Å². The fourth-order valence-corrected chi connectivity index (χ4v) is 3.62. The Morgan fingerprint density at radius 2 is 1.56 bits per heavy atom. The number of carbonyl (C=O) groups excluding carboxylic acids is 2. The van der Waals surface area contributed by atoms with Crippen molar-refractivity contribution in [1.82, 2.24) is 0 Å². The Morgan fingerprint density at radius 1 is 0.906 bits per heavy atom. The predicted molar refractivity (Wildman–Crippen MR) is 118 cm³/mol. The monoisotopic (exact) mass is 431 g/mol. The highest BCUT2D eigenvalue weighted by Crippen LogP contribution is 2.35. The number of anilines is 2. The van der Waals surface area contributed by atoms with E-state index in [1.807, 2.05) is 13.0 Å². The smallest absolute Gasteiger partial charge is 0.282 e. The van der Waals surface area contributed by atoms with E-state index in [1.165, 1.54) is 48.5 Å². The number of benzene rings is 3. The van der Waals surface area contributed by atoms with E-state index < -0.39 is 22.6 Å². The second-order valence-corrected chi connectivity index (χ2v) is 7.42. The quantitative estimate of drug-likeness (QED) is 0.358. The molecule has 1 N–H and O–H groups in total. The summed E-state index contributed by atoms with van der Waals surface area (Å²) in [7, 11) is 0. The summed E-state index contributed by atoms with van der Waals surface area (Å²) in [6.45, 7) is 3.71. The van der Waals surface area contributed by atoms with Crippen LogP contribution in [0.1, 0.15) is 16.7 Å². The molecule has 1 aliphatic rings. The molecule has 2 amide bonds. The van der Waals surface area contributed by atoms with Crippen LogP contribution in [0.4, 0.5) is 21.5 Å². The SMILES string of the molecule is Cc1ccc(N2C(=O)C(Nc3ccc(F)cc3)=C(c3ccc([N+](=O)[O-])cc3)C2=O)c(C)c1. The number of nitro groups is 1. The summed E-state index contributed by atoms with van der Waals surface area (Å²) in [6.07, 6.45) is 0. The molecule has 1 aliphatic heterocycles. The normalized spacial score (nSPS) is 13.7. The summed E-state index contributed by atoms with van der Waals surface area (Å²) in [5.74, 6) is -1.56. The highest BCUT2D eigenvalue weighted by atomic mass is 19.1. The van der Waals surface area contributed by atoms with Gasteiger partial charge in [0.2, 0.25) is 0 Å². The number of nitrogens with one attached hydrogen (secondary N) is 1. The van der Waals surface area contributed by atoms with Crippen LogP contribution in [0.5, 0.6) is 0 Å². The number of imide groups is 1. The van der Waals surface area contributed by atoms with Gasteiger partial charge in [-0.05, 0) is 67.4 Å². The number of amides is 2. The molecule has 0 fully saturated rings. The Hall–Kier alpha value is -4.33. The van der Waals surface area contributed by atoms with Gasteiger partial charge in [-0.25, -0.2) is 9.29 Å². The summed E-state index contributed by atoms with van der Waals surface area (Å²) in [5, 5.41) is 13.9. The number of nitro benzene ring substituents is 1. The fourth-order valence-electron chi connectivity index (χ4n) is 3.62. The minimum atomic E-state index is -0.570. The van der Waals surface area contributed by atoms with Crippen molar-refractivity contribution in [2.45, 2.75) is 13.8 Å². The topological polar surface area (TPSA) is 92.6 Å². The summed E-state index contributed by atoms with van der Waals surface area (Å²) >= 11 is 0. The Morgan fingerprint density at radius 3 is 2.16 bits per heavy atom. The second-order valence-electron chi connectivity index (χ2n) is 7.42. The van der Waals surface area contributed by atoms with Gasteiger partial charge < -0.3 is 5.32 Å². The molecule has 1 heterocycles. The second kappa shape index (κ2) is 8.07. The van der Waals surface area contributed by atoms with Crippen molar-refractivity contribution in [1.29, 1.82) is 0 Å². The van der Waals surface area contributed by atoms with E-state index in [0.29, 0.717) is 16.9 Å². The maximum absolute atomic E-state index is 13.4. The first kappa shape index (κ1) is 20.9. The third-order valence-corrected chi connectivity index (χ3v) is 5.16. The summed E-state index contributed by atoms with van der Waals surface area (Å²) in [5.41, 5.74) is 2.91. The average molecular weight is 431 g/mol. The lowest BCUT2D eigenvalue weighted by atomic mass is 10.0. The molecule has 8 heteroatoms. The van der Waals surface area contributed by atoms with Crippen LogP contribution < -0.4 is 10.2 Å². The van der Waals surface area contributed by atoms with Crippen molar-refractivity contribution >= 4 is 34.4 Å². The first-order valence-corrected chi connectivity index (χ1v) is 9.74. The van der Waals surface area contributed by atoms with Gasteiger partial charge in [-0.1, -0.05) is 17.7 Å². The molecule has 7 nitrogen and oxygen atoms in total. The van der Waals surface area contributed by atoms with Gasteiger partial charge in [0.05, 0.1) is 16.2 Å². The van der Waals surface area contributed by atoms with Gasteiger partial charge in [0.15, 0.2) is 0 Å². The van der Waals surface area contributed by atoms with Crippen LogP contribution >= 0.6 is 0 Å². The van der Waals surface area contributed by atoms with Crippen LogP contribution in [0.25, 0.3) is 5.57 Å². The lowest BCUT2D eigenvalue weighted by molar-refractivity contribution is -0.384. The summed E-state index contributed by atoms with van der Waals surface area (Å²) < 4.78 is 13.3. The van der Waals surface area contributed by atoms with Gasteiger partial charge in [-0.15, -0.1) is 0 Å². The average Bonchev–Trinajstić information content (AvgIpc) is 2.99. The molecule has 0 unspecified atom stereocenters. The van der Waals surface area contributed by atoms with Crippen LogP contribution in [0.2, 0.25) is 0 Å². The van der Waals surface area contributed by atoms with E-state index in [-0.39, 0.29) is 17.0 Å². The van der Waals surface area contributed by atoms with Gasteiger partial charge in [0.1, 0.15) is 11.5 Å². The molecule has 0 atom stereocenters. The van der Waals surface area contributed by atoms with Crippen molar-refractivity contribution < 1.29 is 18.9 Å². The van der Waals surface area contributed by atoms with Gasteiger partial charge >= 0.3 is 0 Å². The fraction of sp³-hybridized carbons (Fsp3) is 0.0833. The Balaban J connectivity index is 1.83. The minimum absolute atomic E-state index is 0.00966. The van der Waals surface area contributed by atoms with Gasteiger partial charge in [0, 0.05) is 17.8 Å². The maximum atomic E-state index is 13.4. The molecule has 3 aromatic carbocycles. The third kappa shape index (κ3) is 3.74. The molecule has 0 bridgehead atoms. The number of carbonyl (C=O) groups is 2. The van der Waals surface area contributed by atoms with E-state index in [1.54, 1.807) is 19.1 Å². The van der Waals surface area contributed by atoms with Crippen LogP contribution in [0, 0.1) is 29.8 Å². The molecular formula is C24H18FN3O4. The molecule has 0 radical (unpaired) electrons. The Kier molecular flexibility index (Phi) is 5.28. The Bertz CT molecular complexity index is 1280. The van der Waals surface area contributed by atoms with E-state index in [9.17, 15) is 24.1 Å². The Labute approximate surface area is 182 Å². The molecule has 3 aromatic rings. The maximum Gasteiger partial charge on any atom is 0.282 e. The highest BCUT2D eigenvalue weighted by Gasteiger charge is 2.41. The number of nitrogens with zero attached hydrogens (tertiary/aromatic N) is 2. The molecule has 0 saturated heterocycles. The van der Waals surface area contributed by atoms with Crippen molar-refractivity contribution in [3.05, 3.63) is 105 Å². The van der Waals surface area contributed by atoms with Crippen molar-refractivity contribution in [3.63, 3.8) is 0 Å². The minimum Gasteiger partial charge on any atom is -0.350 e. The number of non-ortho nitro benzene ring substituents is 1. The molecule has 4 rings (SSSR count). The number of hydrogen-bond acceptors (Lipinski definition) is 5. The number of aryl methyl sites for hydroxylation is 2. The number of hydrogen-bond donors (Lipinski definition) is 1. The van der Waals surface area contributed by atoms with Crippen molar-refractivity contribution in [3.8, 4) is 0 Å². The lowest BCUT2D eigenvalue weighted by Crippen LogP contribution is -2.33.